The normalized spacial score (nSPS) is 16.5. The number of likely N-dealkylation sites (tertiary alicyclic amines) is 1. The molecular weight excluding hydrogens is 489 g/mol. The Bertz CT molecular complexity index is 641. The van der Waals surface area contributed by atoms with E-state index in [-0.39, 0.29) is 35.9 Å². The van der Waals surface area contributed by atoms with Gasteiger partial charge in [-0.3, -0.25) is 9.79 Å². The fourth-order valence-electron chi connectivity index (χ4n) is 3.38. The van der Waals surface area contributed by atoms with Crippen LogP contribution in [0.4, 0.5) is 0 Å². The summed E-state index contributed by atoms with van der Waals surface area (Å²) in [6.45, 7) is 11.6. The van der Waals surface area contributed by atoms with Crippen molar-refractivity contribution in [3.05, 3.63) is 35.4 Å². The van der Waals surface area contributed by atoms with Crippen LogP contribution >= 0.6 is 24.0 Å². The van der Waals surface area contributed by atoms with Crippen LogP contribution < -0.4 is 16.0 Å². The van der Waals surface area contributed by atoms with Crippen molar-refractivity contribution in [2.45, 2.75) is 59.0 Å². The van der Waals surface area contributed by atoms with Crippen molar-refractivity contribution in [1.29, 1.82) is 0 Å². The van der Waals surface area contributed by atoms with E-state index in [1.807, 2.05) is 31.2 Å². The first-order valence-electron chi connectivity index (χ1n) is 11.1. The van der Waals surface area contributed by atoms with Crippen LogP contribution in [0.1, 0.15) is 62.4 Å². The van der Waals surface area contributed by atoms with E-state index in [1.54, 1.807) is 7.05 Å². The lowest BCUT2D eigenvalue weighted by atomic mass is 9.99. The molecule has 0 bridgehead atoms. The second-order valence-corrected chi connectivity index (χ2v) is 8.21. The second kappa shape index (κ2) is 14.6. The van der Waals surface area contributed by atoms with Crippen LogP contribution in [-0.2, 0) is 6.54 Å². The summed E-state index contributed by atoms with van der Waals surface area (Å²) in [5.74, 6) is 1.69. The average molecular weight is 530 g/mol. The largest absolute Gasteiger partial charge is 0.356 e. The molecule has 0 saturated carbocycles. The number of nitrogens with zero attached hydrogens (tertiary/aromatic N) is 2. The van der Waals surface area contributed by atoms with E-state index in [9.17, 15) is 4.79 Å². The highest BCUT2D eigenvalue weighted by Gasteiger charge is 2.14. The topological polar surface area (TPSA) is 68.8 Å². The Kier molecular flexibility index (Phi) is 13.0. The molecule has 30 heavy (non-hydrogen) atoms. The van der Waals surface area contributed by atoms with Gasteiger partial charge in [-0.05, 0) is 75.9 Å². The Hall–Kier alpha value is -1.35. The fraction of sp³-hybridized carbons (Fsp3) is 0.652. The molecule has 6 nitrogen and oxygen atoms in total. The number of benzene rings is 1. The molecule has 170 valence electrons. The summed E-state index contributed by atoms with van der Waals surface area (Å²) >= 11 is 0. The summed E-state index contributed by atoms with van der Waals surface area (Å²) in [5.41, 5.74) is 1.82. The van der Waals surface area contributed by atoms with Crippen LogP contribution in [0.5, 0.6) is 0 Å². The highest BCUT2D eigenvalue weighted by Crippen LogP contribution is 2.15. The number of aliphatic imine (C=N–C) groups is 1. The fourth-order valence-corrected chi connectivity index (χ4v) is 3.38. The number of amides is 1. The van der Waals surface area contributed by atoms with Gasteiger partial charge in [0.05, 0.1) is 0 Å². The highest BCUT2D eigenvalue weighted by molar-refractivity contribution is 14.0. The number of nitrogens with one attached hydrogen (secondary N) is 3. The number of hydrogen-bond acceptors (Lipinski definition) is 3. The lowest BCUT2D eigenvalue weighted by molar-refractivity contribution is 0.0939. The monoisotopic (exact) mass is 529 g/mol. The molecule has 1 saturated heterocycles. The van der Waals surface area contributed by atoms with Crippen LogP contribution in [0.3, 0.4) is 0 Å². The van der Waals surface area contributed by atoms with Crippen LogP contribution in [0.2, 0.25) is 0 Å². The molecule has 1 aromatic carbocycles. The molecular formula is C23H40IN5O. The first kappa shape index (κ1) is 26.7. The van der Waals surface area contributed by atoms with Gasteiger partial charge in [0.1, 0.15) is 0 Å². The van der Waals surface area contributed by atoms with Gasteiger partial charge in [-0.25, -0.2) is 0 Å². The van der Waals surface area contributed by atoms with Gasteiger partial charge in [-0.15, -0.1) is 24.0 Å². The lowest BCUT2D eigenvalue weighted by Crippen LogP contribution is -2.39. The number of carbonyl (C=O) groups excluding carboxylic acids is 1. The van der Waals surface area contributed by atoms with Gasteiger partial charge >= 0.3 is 0 Å². The molecule has 0 spiro atoms. The second-order valence-electron chi connectivity index (χ2n) is 8.21. The van der Waals surface area contributed by atoms with Gasteiger partial charge < -0.3 is 20.9 Å². The van der Waals surface area contributed by atoms with Crippen molar-refractivity contribution in [2.75, 3.05) is 33.2 Å². The van der Waals surface area contributed by atoms with E-state index in [1.165, 1.54) is 25.9 Å². The summed E-state index contributed by atoms with van der Waals surface area (Å²) in [6.07, 6.45) is 4.70. The minimum Gasteiger partial charge on any atom is -0.356 e. The molecule has 7 heteroatoms. The zero-order valence-electron chi connectivity index (χ0n) is 19.0. The maximum absolute atomic E-state index is 12.2. The first-order valence-corrected chi connectivity index (χ1v) is 11.1. The molecule has 0 radical (unpaired) electrons. The van der Waals surface area contributed by atoms with Crippen molar-refractivity contribution in [2.24, 2.45) is 10.9 Å². The number of guanidine groups is 1. The Morgan fingerprint density at radius 3 is 2.47 bits per heavy atom. The Morgan fingerprint density at radius 2 is 1.87 bits per heavy atom. The predicted octanol–water partition coefficient (Wildman–Crippen LogP) is 3.62. The predicted molar refractivity (Wildman–Crippen MR) is 137 cm³/mol. The number of piperidine rings is 1. The standard InChI is InChI=1S/C23H39N5O.HI/c1-5-19(3)27-22(29)21-9-7-20(8-10-21)17-26-23(24-4)25-13-6-14-28-15-11-18(2)12-16-28;/h7-10,18-19H,5-6,11-17H2,1-4H3,(H,27,29)(H2,24,25,26);1H. The minimum absolute atomic E-state index is 0. The summed E-state index contributed by atoms with van der Waals surface area (Å²) in [5, 5.41) is 9.73. The zero-order chi connectivity index (χ0) is 21.1. The molecule has 0 aromatic heterocycles. The van der Waals surface area contributed by atoms with Crippen molar-refractivity contribution >= 4 is 35.8 Å². The Morgan fingerprint density at radius 1 is 1.20 bits per heavy atom. The van der Waals surface area contributed by atoms with Crippen molar-refractivity contribution in [1.82, 2.24) is 20.9 Å². The van der Waals surface area contributed by atoms with Crippen LogP contribution in [0.25, 0.3) is 0 Å². The van der Waals surface area contributed by atoms with Gasteiger partial charge in [0.15, 0.2) is 5.96 Å². The van der Waals surface area contributed by atoms with Gasteiger partial charge in [0.25, 0.3) is 5.91 Å². The summed E-state index contributed by atoms with van der Waals surface area (Å²) < 4.78 is 0. The van der Waals surface area contributed by atoms with E-state index < -0.39 is 0 Å². The molecule has 1 aliphatic heterocycles. The van der Waals surface area contributed by atoms with E-state index >= 15 is 0 Å². The minimum atomic E-state index is -0.0144. The molecule has 1 fully saturated rings. The molecule has 1 atom stereocenters. The van der Waals surface area contributed by atoms with Crippen LogP contribution in [0, 0.1) is 5.92 Å². The summed E-state index contributed by atoms with van der Waals surface area (Å²) in [4.78, 5) is 19.0. The van der Waals surface area contributed by atoms with Gasteiger partial charge in [0, 0.05) is 31.7 Å². The Labute approximate surface area is 199 Å². The summed E-state index contributed by atoms with van der Waals surface area (Å²) in [6, 6.07) is 7.93. The van der Waals surface area contributed by atoms with Crippen molar-refractivity contribution in [3.8, 4) is 0 Å². The maximum Gasteiger partial charge on any atom is 0.251 e. The molecule has 2 rings (SSSR count). The molecule has 3 N–H and O–H groups in total. The van der Waals surface area contributed by atoms with Crippen LogP contribution in [-0.4, -0.2) is 56.0 Å². The number of carbonyl (C=O) groups is 1. The smallest absolute Gasteiger partial charge is 0.251 e. The molecule has 1 heterocycles. The van der Waals surface area contributed by atoms with Gasteiger partial charge in [0.2, 0.25) is 0 Å². The summed E-state index contributed by atoms with van der Waals surface area (Å²) in [7, 11) is 1.80. The number of halogens is 1. The van der Waals surface area contributed by atoms with E-state index in [0.717, 1.165) is 43.4 Å². The number of hydrogen-bond donors (Lipinski definition) is 3. The van der Waals surface area contributed by atoms with E-state index in [4.69, 9.17) is 0 Å². The third kappa shape index (κ3) is 9.64. The number of rotatable bonds is 9. The molecule has 1 amide bonds. The van der Waals surface area contributed by atoms with Crippen molar-refractivity contribution in [3.63, 3.8) is 0 Å². The third-order valence-corrected chi connectivity index (χ3v) is 5.71. The average Bonchev–Trinajstić information content (AvgIpc) is 2.74. The molecule has 1 aromatic rings. The maximum atomic E-state index is 12.2. The molecule has 1 aliphatic rings. The quantitative estimate of drug-likeness (QED) is 0.198. The SMILES string of the molecule is CCC(C)NC(=O)c1ccc(CNC(=NC)NCCCN2CCC(C)CC2)cc1.I. The zero-order valence-corrected chi connectivity index (χ0v) is 21.4. The van der Waals surface area contributed by atoms with Gasteiger partial charge in [-0.1, -0.05) is 26.0 Å². The lowest BCUT2D eigenvalue weighted by Gasteiger charge is -2.30. The first-order chi connectivity index (χ1) is 14.0. The molecule has 0 aliphatic carbocycles. The van der Waals surface area contributed by atoms with E-state index in [0.29, 0.717) is 12.1 Å². The van der Waals surface area contributed by atoms with E-state index in [2.05, 4.69) is 39.7 Å². The van der Waals surface area contributed by atoms with Gasteiger partial charge in [-0.2, -0.15) is 0 Å². The van der Waals surface area contributed by atoms with Crippen LogP contribution in [0.15, 0.2) is 29.3 Å². The third-order valence-electron chi connectivity index (χ3n) is 5.71. The molecule has 1 unspecified atom stereocenters. The Balaban J connectivity index is 0.00000450. The highest BCUT2D eigenvalue weighted by atomic mass is 127. The van der Waals surface area contributed by atoms with Crippen molar-refractivity contribution < 1.29 is 4.79 Å².